The normalized spacial score (nSPS) is 11.5. The fourth-order valence-corrected chi connectivity index (χ4v) is 4.16. The standard InChI is InChI=1S/C24H25ClN4O4S/c1-5-15-7-10-17(11-8-15)26-21(20-22(31)28(3)24(33)29(4)23(20)32)34-13-19(30)27-18-12-16(25)9-6-14(18)2/h6-12,31H,5,13H2,1-4H3,(H,27,30). The van der Waals surface area contributed by atoms with Crippen LogP contribution in [0.5, 0.6) is 5.88 Å². The zero-order chi connectivity index (χ0) is 25.0. The smallest absolute Gasteiger partial charge is 0.333 e. The predicted molar refractivity (Wildman–Crippen MR) is 138 cm³/mol. The minimum absolute atomic E-state index is 0.0940. The Morgan fingerprint density at radius 3 is 2.44 bits per heavy atom. The number of nitrogens with one attached hydrogen (secondary N) is 1. The van der Waals surface area contributed by atoms with Gasteiger partial charge in [0.15, 0.2) is 0 Å². The summed E-state index contributed by atoms with van der Waals surface area (Å²) in [5.74, 6) is -0.954. The largest absolute Gasteiger partial charge is 0.494 e. The maximum atomic E-state index is 12.9. The van der Waals surface area contributed by atoms with Crippen LogP contribution >= 0.6 is 23.4 Å². The van der Waals surface area contributed by atoms with E-state index in [1.807, 2.05) is 26.0 Å². The van der Waals surface area contributed by atoms with Crippen LogP contribution in [-0.2, 0) is 25.3 Å². The molecule has 0 bridgehead atoms. The van der Waals surface area contributed by atoms with Crippen molar-refractivity contribution in [1.29, 1.82) is 0 Å². The Hall–Kier alpha value is -3.30. The topological polar surface area (TPSA) is 106 Å². The molecule has 1 aromatic heterocycles. The third-order valence-corrected chi connectivity index (χ3v) is 6.45. The fourth-order valence-electron chi connectivity index (χ4n) is 3.15. The van der Waals surface area contributed by atoms with Crippen LogP contribution in [-0.4, -0.2) is 30.9 Å². The number of hydrogen-bond acceptors (Lipinski definition) is 6. The average molecular weight is 501 g/mol. The van der Waals surface area contributed by atoms with Crippen LogP contribution in [0.25, 0.3) is 0 Å². The summed E-state index contributed by atoms with van der Waals surface area (Å²) in [5, 5.41) is 14.0. The lowest BCUT2D eigenvalue weighted by atomic mass is 10.1. The molecule has 3 aromatic rings. The second-order valence-electron chi connectivity index (χ2n) is 7.64. The van der Waals surface area contributed by atoms with E-state index in [0.717, 1.165) is 38.4 Å². The molecule has 0 fully saturated rings. The van der Waals surface area contributed by atoms with E-state index in [4.69, 9.17) is 11.6 Å². The second kappa shape index (κ2) is 10.8. The summed E-state index contributed by atoms with van der Waals surface area (Å²) in [4.78, 5) is 42.3. The van der Waals surface area contributed by atoms with Gasteiger partial charge in [-0.15, -0.1) is 0 Å². The van der Waals surface area contributed by atoms with Gasteiger partial charge in [0.05, 0.1) is 11.4 Å². The van der Waals surface area contributed by atoms with Gasteiger partial charge in [-0.2, -0.15) is 0 Å². The molecule has 10 heteroatoms. The monoisotopic (exact) mass is 500 g/mol. The molecule has 2 aromatic carbocycles. The molecule has 0 spiro atoms. The van der Waals surface area contributed by atoms with E-state index >= 15 is 0 Å². The van der Waals surface area contributed by atoms with Gasteiger partial charge >= 0.3 is 5.69 Å². The molecule has 0 aliphatic heterocycles. The van der Waals surface area contributed by atoms with Crippen LogP contribution in [0.1, 0.15) is 23.6 Å². The number of nitrogens with zero attached hydrogens (tertiary/aromatic N) is 3. The molecule has 178 valence electrons. The first kappa shape index (κ1) is 25.3. The lowest BCUT2D eigenvalue weighted by Crippen LogP contribution is -2.39. The van der Waals surface area contributed by atoms with Crippen molar-refractivity contribution >= 4 is 45.7 Å². The number of amides is 1. The van der Waals surface area contributed by atoms with Crippen LogP contribution in [0.2, 0.25) is 5.02 Å². The number of aryl methyl sites for hydroxylation is 2. The highest BCUT2D eigenvalue weighted by atomic mass is 35.5. The fraction of sp³-hybridized carbons (Fsp3) is 0.250. The lowest BCUT2D eigenvalue weighted by Gasteiger charge is -2.13. The first-order valence-electron chi connectivity index (χ1n) is 10.5. The summed E-state index contributed by atoms with van der Waals surface area (Å²) in [5.41, 5.74) is 1.55. The number of carbonyl (C=O) groups is 1. The number of rotatable bonds is 6. The van der Waals surface area contributed by atoms with Crippen LogP contribution in [0, 0.1) is 6.92 Å². The summed E-state index contributed by atoms with van der Waals surface area (Å²) >= 11 is 7.01. The zero-order valence-electron chi connectivity index (χ0n) is 19.3. The number of thioether (sulfide) groups is 1. The van der Waals surface area contributed by atoms with Crippen molar-refractivity contribution < 1.29 is 9.90 Å². The maximum absolute atomic E-state index is 12.9. The third kappa shape index (κ3) is 5.60. The Kier molecular flexibility index (Phi) is 8.01. The Morgan fingerprint density at radius 2 is 1.79 bits per heavy atom. The Bertz CT molecular complexity index is 1380. The Labute approximate surface area is 205 Å². The number of anilines is 1. The van der Waals surface area contributed by atoms with Gasteiger partial charge in [0.2, 0.25) is 11.8 Å². The minimum atomic E-state index is -0.705. The van der Waals surface area contributed by atoms with Crippen molar-refractivity contribution in [2.75, 3.05) is 11.1 Å². The van der Waals surface area contributed by atoms with Gasteiger partial charge in [-0.1, -0.05) is 48.5 Å². The lowest BCUT2D eigenvalue weighted by molar-refractivity contribution is -0.113. The van der Waals surface area contributed by atoms with Gasteiger partial charge in [0.25, 0.3) is 5.56 Å². The number of carbonyl (C=O) groups excluding carboxylic acids is 1. The van der Waals surface area contributed by atoms with E-state index in [1.54, 1.807) is 30.3 Å². The molecular formula is C24H25ClN4O4S. The van der Waals surface area contributed by atoms with Crippen molar-refractivity contribution in [3.8, 4) is 5.88 Å². The van der Waals surface area contributed by atoms with Crippen LogP contribution in [0.15, 0.2) is 57.0 Å². The number of aromatic nitrogens is 2. The van der Waals surface area contributed by atoms with Gasteiger partial charge < -0.3 is 10.4 Å². The number of hydrogen-bond donors (Lipinski definition) is 2. The van der Waals surface area contributed by atoms with E-state index in [2.05, 4.69) is 10.3 Å². The molecule has 3 rings (SSSR count). The number of aromatic hydroxyl groups is 1. The highest BCUT2D eigenvalue weighted by Crippen LogP contribution is 2.25. The Morgan fingerprint density at radius 1 is 1.12 bits per heavy atom. The predicted octanol–water partition coefficient (Wildman–Crippen LogP) is 3.76. The van der Waals surface area contributed by atoms with Gasteiger partial charge in [-0.05, 0) is 48.7 Å². The quantitative estimate of drug-likeness (QED) is 0.396. The molecule has 0 radical (unpaired) electrons. The molecule has 0 aliphatic carbocycles. The van der Waals surface area contributed by atoms with Gasteiger partial charge in [0, 0.05) is 24.8 Å². The first-order chi connectivity index (χ1) is 16.1. The van der Waals surface area contributed by atoms with Gasteiger partial charge in [-0.3, -0.25) is 18.7 Å². The third-order valence-electron chi connectivity index (χ3n) is 5.24. The van der Waals surface area contributed by atoms with Crippen LogP contribution < -0.4 is 16.6 Å². The van der Waals surface area contributed by atoms with Crippen molar-refractivity contribution in [1.82, 2.24) is 9.13 Å². The molecule has 34 heavy (non-hydrogen) atoms. The minimum Gasteiger partial charge on any atom is -0.494 e. The van der Waals surface area contributed by atoms with Crippen molar-refractivity contribution in [3.63, 3.8) is 0 Å². The summed E-state index contributed by atoms with van der Waals surface area (Å²) in [7, 11) is 2.67. The molecule has 0 saturated heterocycles. The number of halogens is 1. The zero-order valence-corrected chi connectivity index (χ0v) is 20.8. The summed E-state index contributed by atoms with van der Waals surface area (Å²) < 4.78 is 1.85. The number of benzene rings is 2. The molecule has 0 atom stereocenters. The highest BCUT2D eigenvalue weighted by molar-refractivity contribution is 8.15. The van der Waals surface area contributed by atoms with Gasteiger partial charge in [-0.25, -0.2) is 9.79 Å². The van der Waals surface area contributed by atoms with E-state index in [0.29, 0.717) is 16.4 Å². The van der Waals surface area contributed by atoms with E-state index < -0.39 is 17.1 Å². The highest BCUT2D eigenvalue weighted by Gasteiger charge is 2.22. The Balaban J connectivity index is 1.98. The SMILES string of the molecule is CCc1ccc(N=C(SCC(=O)Nc2cc(Cl)ccc2C)c2c(O)n(C)c(=O)n(C)c2=O)cc1. The van der Waals surface area contributed by atoms with Crippen molar-refractivity contribution in [2.24, 2.45) is 19.1 Å². The summed E-state index contributed by atoms with van der Waals surface area (Å²) in [6.07, 6.45) is 0.858. The van der Waals surface area contributed by atoms with E-state index in [-0.39, 0.29) is 22.3 Å². The molecule has 1 heterocycles. The van der Waals surface area contributed by atoms with Gasteiger partial charge in [0.1, 0.15) is 10.6 Å². The first-order valence-corrected chi connectivity index (χ1v) is 11.8. The van der Waals surface area contributed by atoms with Crippen LogP contribution in [0.3, 0.4) is 0 Å². The van der Waals surface area contributed by atoms with Crippen molar-refractivity contribution in [3.05, 3.63) is 85.0 Å². The number of aliphatic imine (C=N–C) groups is 1. The van der Waals surface area contributed by atoms with E-state index in [1.165, 1.54) is 14.1 Å². The average Bonchev–Trinajstić information content (AvgIpc) is 2.82. The second-order valence-corrected chi connectivity index (χ2v) is 9.04. The molecule has 0 unspecified atom stereocenters. The molecular weight excluding hydrogens is 476 g/mol. The molecule has 0 saturated carbocycles. The molecule has 2 N–H and O–H groups in total. The molecule has 1 amide bonds. The maximum Gasteiger partial charge on any atom is 0.333 e. The molecule has 0 aliphatic rings. The van der Waals surface area contributed by atoms with E-state index in [9.17, 15) is 19.5 Å². The summed E-state index contributed by atoms with van der Waals surface area (Å²) in [6.45, 7) is 3.88. The van der Waals surface area contributed by atoms with Crippen molar-refractivity contribution in [2.45, 2.75) is 20.3 Å². The van der Waals surface area contributed by atoms with Crippen LogP contribution in [0.4, 0.5) is 11.4 Å². The summed E-state index contributed by atoms with van der Waals surface area (Å²) in [6, 6.07) is 12.6. The molecule has 8 nitrogen and oxygen atoms in total.